The smallest absolute Gasteiger partial charge is 0.239 e. The number of hydrogen-bond acceptors (Lipinski definition) is 6. The highest BCUT2D eigenvalue weighted by atomic mass is 32.2. The lowest BCUT2D eigenvalue weighted by atomic mass is 10.3. The van der Waals surface area contributed by atoms with E-state index in [9.17, 15) is 9.18 Å². The van der Waals surface area contributed by atoms with Crippen LogP contribution < -0.4 is 10.0 Å². The fourth-order valence-electron chi connectivity index (χ4n) is 2.28. The molecule has 0 spiro atoms. The van der Waals surface area contributed by atoms with Crippen LogP contribution in [0.2, 0.25) is 0 Å². The van der Waals surface area contributed by atoms with Gasteiger partial charge in [0.15, 0.2) is 0 Å². The Morgan fingerprint density at radius 2 is 1.69 bits per heavy atom. The lowest BCUT2D eigenvalue weighted by Crippen LogP contribution is -2.26. The van der Waals surface area contributed by atoms with Gasteiger partial charge in [0.25, 0.3) is 0 Å². The summed E-state index contributed by atoms with van der Waals surface area (Å²) in [5.74, 6) is 1.98. The monoisotopic (exact) mass is 409 g/mol. The van der Waals surface area contributed by atoms with E-state index in [1.165, 1.54) is 40.5 Å². The molecule has 3 rings (SSSR count). The van der Waals surface area contributed by atoms with Gasteiger partial charge in [-0.3, -0.25) is 9.52 Å². The SMILES string of the molecule is O=C(CNSc1ccc(F)cc1)Nc1ccc(SN2CCSCC2)cc1. The van der Waals surface area contributed by atoms with Gasteiger partial charge >= 0.3 is 0 Å². The van der Waals surface area contributed by atoms with E-state index in [2.05, 4.69) is 14.3 Å². The summed E-state index contributed by atoms with van der Waals surface area (Å²) in [6.45, 7) is 2.38. The van der Waals surface area contributed by atoms with Crippen LogP contribution in [0, 0.1) is 5.82 Å². The molecule has 0 saturated carbocycles. The first-order valence-corrected chi connectivity index (χ1v) is 11.0. The maximum Gasteiger partial charge on any atom is 0.239 e. The summed E-state index contributed by atoms with van der Waals surface area (Å²) >= 11 is 5.07. The van der Waals surface area contributed by atoms with Crippen molar-refractivity contribution in [2.24, 2.45) is 0 Å². The van der Waals surface area contributed by atoms with E-state index < -0.39 is 0 Å². The molecule has 1 aliphatic heterocycles. The predicted octanol–water partition coefficient (Wildman–Crippen LogP) is 4.12. The highest BCUT2D eigenvalue weighted by molar-refractivity contribution is 8.00. The van der Waals surface area contributed by atoms with Crippen LogP contribution in [-0.2, 0) is 4.79 Å². The first kappa shape index (κ1) is 19.6. The Hall–Kier alpha value is -1.19. The molecule has 2 N–H and O–H groups in total. The maximum atomic E-state index is 12.8. The summed E-state index contributed by atoms with van der Waals surface area (Å²) in [5.41, 5.74) is 0.780. The first-order chi connectivity index (χ1) is 12.7. The van der Waals surface area contributed by atoms with Crippen LogP contribution in [0.5, 0.6) is 0 Å². The largest absolute Gasteiger partial charge is 0.325 e. The Balaban J connectivity index is 1.40. The molecule has 26 heavy (non-hydrogen) atoms. The van der Waals surface area contributed by atoms with Crippen LogP contribution in [0.1, 0.15) is 0 Å². The number of nitrogens with zero attached hydrogens (tertiary/aromatic N) is 1. The number of thioether (sulfide) groups is 1. The Labute approximate surface area is 165 Å². The van der Waals surface area contributed by atoms with E-state index in [4.69, 9.17) is 0 Å². The molecule has 2 aromatic rings. The fourth-order valence-corrected chi connectivity index (χ4v) is 4.98. The zero-order valence-corrected chi connectivity index (χ0v) is 16.6. The van der Waals surface area contributed by atoms with Gasteiger partial charge in [-0.25, -0.2) is 8.70 Å². The molecule has 0 atom stereocenters. The molecule has 0 aliphatic carbocycles. The topological polar surface area (TPSA) is 44.4 Å². The van der Waals surface area contributed by atoms with Crippen LogP contribution in [0.25, 0.3) is 0 Å². The summed E-state index contributed by atoms with van der Waals surface area (Å²) in [6, 6.07) is 14.0. The number of benzene rings is 2. The van der Waals surface area contributed by atoms with Crippen molar-refractivity contribution in [3.8, 4) is 0 Å². The molecule has 8 heteroatoms. The molecule has 0 unspecified atom stereocenters. The second-order valence-corrected chi connectivity index (χ2v) is 8.94. The molecule has 1 fully saturated rings. The van der Waals surface area contributed by atoms with E-state index >= 15 is 0 Å². The number of carbonyl (C=O) groups excluding carboxylic acids is 1. The van der Waals surface area contributed by atoms with Gasteiger partial charge in [-0.15, -0.1) is 0 Å². The Bertz CT molecular complexity index is 707. The van der Waals surface area contributed by atoms with Gasteiger partial charge in [0.2, 0.25) is 5.91 Å². The van der Waals surface area contributed by atoms with Crippen molar-refractivity contribution in [2.75, 3.05) is 36.5 Å². The highest BCUT2D eigenvalue weighted by Gasteiger charge is 2.11. The predicted molar refractivity (Wildman–Crippen MR) is 110 cm³/mol. The van der Waals surface area contributed by atoms with Crippen LogP contribution in [0.3, 0.4) is 0 Å². The van der Waals surface area contributed by atoms with Crippen molar-refractivity contribution in [2.45, 2.75) is 9.79 Å². The molecule has 1 aliphatic rings. The van der Waals surface area contributed by atoms with Gasteiger partial charge in [-0.2, -0.15) is 11.8 Å². The molecule has 4 nitrogen and oxygen atoms in total. The fraction of sp³-hybridized carbons (Fsp3) is 0.278. The Kier molecular flexibility index (Phi) is 7.69. The molecule has 2 aromatic carbocycles. The second kappa shape index (κ2) is 10.2. The third-order valence-corrected chi connectivity index (χ3v) is 6.42. The summed E-state index contributed by atoms with van der Waals surface area (Å²) in [7, 11) is 0. The average molecular weight is 410 g/mol. The van der Waals surface area contributed by atoms with Crippen LogP contribution >= 0.6 is 35.7 Å². The summed E-state index contributed by atoms with van der Waals surface area (Å²) < 4.78 is 18.2. The van der Waals surface area contributed by atoms with Gasteiger partial charge in [0, 0.05) is 40.1 Å². The number of amides is 1. The number of halogens is 1. The maximum absolute atomic E-state index is 12.8. The normalized spacial score (nSPS) is 15.0. The Morgan fingerprint density at radius 3 is 2.38 bits per heavy atom. The standard InChI is InChI=1S/C18H20FN3OS3/c19-14-1-5-16(6-2-14)25-20-13-18(23)21-15-3-7-17(8-4-15)26-22-9-11-24-12-10-22/h1-8,20H,9-13H2,(H,21,23). The van der Waals surface area contributed by atoms with E-state index in [0.717, 1.165) is 23.7 Å². The summed E-state index contributed by atoms with van der Waals surface area (Å²) in [5, 5.41) is 2.87. The number of carbonyl (C=O) groups is 1. The highest BCUT2D eigenvalue weighted by Crippen LogP contribution is 2.26. The second-order valence-electron chi connectivity index (χ2n) is 5.58. The van der Waals surface area contributed by atoms with Crippen LogP contribution in [0.15, 0.2) is 58.3 Å². The van der Waals surface area contributed by atoms with Crippen molar-refractivity contribution in [1.82, 2.24) is 9.03 Å². The van der Waals surface area contributed by atoms with E-state index in [-0.39, 0.29) is 18.3 Å². The van der Waals surface area contributed by atoms with Crippen molar-refractivity contribution in [1.29, 1.82) is 0 Å². The van der Waals surface area contributed by atoms with E-state index in [1.807, 2.05) is 36.0 Å². The molecule has 1 saturated heterocycles. The minimum Gasteiger partial charge on any atom is -0.325 e. The average Bonchev–Trinajstić information content (AvgIpc) is 2.66. The lowest BCUT2D eigenvalue weighted by Gasteiger charge is -2.24. The van der Waals surface area contributed by atoms with Crippen LogP contribution in [-0.4, -0.2) is 41.4 Å². The van der Waals surface area contributed by atoms with Gasteiger partial charge in [-0.05, 0) is 72.4 Å². The minimum absolute atomic E-state index is 0.118. The molecule has 138 valence electrons. The lowest BCUT2D eigenvalue weighted by molar-refractivity contribution is -0.115. The summed E-state index contributed by atoms with van der Waals surface area (Å²) in [6.07, 6.45) is 0. The molecule has 0 aromatic heterocycles. The van der Waals surface area contributed by atoms with Crippen molar-refractivity contribution >= 4 is 47.3 Å². The zero-order chi connectivity index (χ0) is 18.2. The molecular weight excluding hydrogens is 389 g/mol. The van der Waals surface area contributed by atoms with Crippen LogP contribution in [0.4, 0.5) is 10.1 Å². The Morgan fingerprint density at radius 1 is 1.04 bits per heavy atom. The zero-order valence-electron chi connectivity index (χ0n) is 14.1. The van der Waals surface area contributed by atoms with Gasteiger partial charge < -0.3 is 5.32 Å². The van der Waals surface area contributed by atoms with Gasteiger partial charge in [0.05, 0.1) is 6.54 Å². The summed E-state index contributed by atoms with van der Waals surface area (Å²) in [4.78, 5) is 14.0. The van der Waals surface area contributed by atoms with Gasteiger partial charge in [-0.1, -0.05) is 0 Å². The number of hydrogen-bond donors (Lipinski definition) is 2. The number of anilines is 1. The van der Waals surface area contributed by atoms with Crippen molar-refractivity contribution in [3.63, 3.8) is 0 Å². The quantitative estimate of drug-likeness (QED) is 0.671. The third kappa shape index (κ3) is 6.51. The molecule has 0 radical (unpaired) electrons. The minimum atomic E-state index is -0.270. The van der Waals surface area contributed by atoms with E-state index in [1.54, 1.807) is 24.1 Å². The van der Waals surface area contributed by atoms with Gasteiger partial charge in [0.1, 0.15) is 5.82 Å². The molecule has 1 amide bonds. The molecular formula is C18H20FN3OS3. The molecule has 1 heterocycles. The van der Waals surface area contributed by atoms with E-state index in [0.29, 0.717) is 0 Å². The molecule has 0 bridgehead atoms. The van der Waals surface area contributed by atoms with Crippen molar-refractivity contribution in [3.05, 3.63) is 54.3 Å². The number of nitrogens with one attached hydrogen (secondary N) is 2. The first-order valence-electron chi connectivity index (χ1n) is 8.25. The van der Waals surface area contributed by atoms with Crippen molar-refractivity contribution < 1.29 is 9.18 Å². The number of rotatable bonds is 7. The third-order valence-electron chi connectivity index (χ3n) is 3.58.